The van der Waals surface area contributed by atoms with Gasteiger partial charge in [-0.15, -0.1) is 0 Å². The summed E-state index contributed by atoms with van der Waals surface area (Å²) in [4.78, 5) is 22.4. The van der Waals surface area contributed by atoms with Gasteiger partial charge in [0.2, 0.25) is 0 Å². The number of phenols is 1. The smallest absolute Gasteiger partial charge is 0.337 e. The molecular weight excluding hydrogens is 678 g/mol. The van der Waals surface area contributed by atoms with E-state index in [2.05, 4.69) is 37.5 Å². The molecule has 0 aliphatic heterocycles. The molecule has 0 aromatic heterocycles. The zero-order chi connectivity index (χ0) is 30.4. The van der Waals surface area contributed by atoms with Crippen LogP contribution in [0.4, 0.5) is 0 Å². The maximum absolute atomic E-state index is 11.4. The molecule has 41 heavy (non-hydrogen) atoms. The molecule has 0 heterocycles. The molecule has 0 spiro atoms. The SMILES string of the molecule is BrCc1ccccc1.COC(=O)c1cc(Cl)c(O)c(Cl)c1.COC(=O)c1cc(Cl)c(OCc2ccccc2)c(Cl)c1. The minimum absolute atomic E-state index is 0.0212. The molecule has 0 unspecified atom stereocenters. The molecular formula is C30H25BrCl4O6. The summed E-state index contributed by atoms with van der Waals surface area (Å²) in [6, 6.07) is 25.4. The fourth-order valence-corrected chi connectivity index (χ4v) is 4.49. The minimum Gasteiger partial charge on any atom is -0.505 e. The number of halogens is 5. The van der Waals surface area contributed by atoms with Crippen LogP contribution in [-0.4, -0.2) is 31.3 Å². The van der Waals surface area contributed by atoms with Crippen LogP contribution in [0.25, 0.3) is 0 Å². The van der Waals surface area contributed by atoms with Crippen molar-refractivity contribution in [1.82, 2.24) is 0 Å². The number of alkyl halides is 1. The molecule has 0 fully saturated rings. The third-order valence-corrected chi connectivity index (χ3v) is 6.87. The van der Waals surface area contributed by atoms with Gasteiger partial charge in [-0.05, 0) is 35.4 Å². The molecule has 4 aromatic carbocycles. The van der Waals surface area contributed by atoms with Crippen molar-refractivity contribution in [2.75, 3.05) is 14.2 Å². The molecule has 0 saturated heterocycles. The number of hydrogen-bond acceptors (Lipinski definition) is 6. The highest BCUT2D eigenvalue weighted by Gasteiger charge is 2.15. The van der Waals surface area contributed by atoms with E-state index < -0.39 is 11.9 Å². The Hall–Kier alpha value is -2.94. The van der Waals surface area contributed by atoms with Crippen molar-refractivity contribution in [3.8, 4) is 11.5 Å². The summed E-state index contributed by atoms with van der Waals surface area (Å²) in [6.07, 6.45) is 0. The second kappa shape index (κ2) is 17.8. The van der Waals surface area contributed by atoms with Crippen LogP contribution in [0.5, 0.6) is 11.5 Å². The first kappa shape index (κ1) is 34.3. The summed E-state index contributed by atoms with van der Waals surface area (Å²) in [6.45, 7) is 0.345. The molecule has 0 aliphatic rings. The standard InChI is InChI=1S/C15H12Cl2O3.C8H6Cl2O3.C7H7Br/c1-19-15(18)11-7-12(16)14(13(17)8-11)20-9-10-5-3-2-4-6-10;1-13-8(12)4-2-5(9)7(11)6(10)3-4;8-6-7-4-2-1-3-5-7/h2-8H,9H2,1H3;2-3,11H,1H3;1-5H,6H2. The second-order valence-corrected chi connectivity index (χ2v) is 10.1. The van der Waals surface area contributed by atoms with Crippen LogP contribution < -0.4 is 4.74 Å². The summed E-state index contributed by atoms with van der Waals surface area (Å²) in [5.74, 6) is -0.937. The first-order chi connectivity index (χ1) is 19.6. The predicted molar refractivity (Wildman–Crippen MR) is 167 cm³/mol. The number of ether oxygens (including phenoxy) is 3. The number of phenolic OH excluding ortho intramolecular Hbond substituents is 1. The normalized spacial score (nSPS) is 9.83. The monoisotopic (exact) mass is 700 g/mol. The van der Waals surface area contributed by atoms with Crippen molar-refractivity contribution in [1.29, 1.82) is 0 Å². The lowest BCUT2D eigenvalue weighted by Gasteiger charge is -2.11. The van der Waals surface area contributed by atoms with E-state index >= 15 is 0 Å². The Morgan fingerprint density at radius 1 is 0.683 bits per heavy atom. The third-order valence-electron chi connectivity index (χ3n) is 5.08. The minimum atomic E-state index is -0.552. The highest BCUT2D eigenvalue weighted by Crippen LogP contribution is 2.35. The lowest BCUT2D eigenvalue weighted by molar-refractivity contribution is 0.0592. The topological polar surface area (TPSA) is 82.1 Å². The Kier molecular flexibility index (Phi) is 14.9. The van der Waals surface area contributed by atoms with Crippen LogP contribution in [0, 0.1) is 0 Å². The molecule has 0 saturated carbocycles. The maximum atomic E-state index is 11.4. The first-order valence-corrected chi connectivity index (χ1v) is 14.3. The zero-order valence-corrected chi connectivity index (χ0v) is 26.5. The maximum Gasteiger partial charge on any atom is 0.337 e. The van der Waals surface area contributed by atoms with E-state index in [1.807, 2.05) is 48.5 Å². The van der Waals surface area contributed by atoms with Crippen molar-refractivity contribution in [3.63, 3.8) is 0 Å². The van der Waals surface area contributed by atoms with E-state index in [4.69, 9.17) is 56.2 Å². The van der Waals surface area contributed by atoms with Crippen LogP contribution in [0.15, 0.2) is 84.9 Å². The quantitative estimate of drug-likeness (QED) is 0.159. The predicted octanol–water partition coefficient (Wildman–Crippen LogP) is 9.43. The van der Waals surface area contributed by atoms with Crippen LogP contribution >= 0.6 is 62.3 Å². The van der Waals surface area contributed by atoms with Gasteiger partial charge in [0.1, 0.15) is 6.61 Å². The number of carbonyl (C=O) groups excluding carboxylic acids is 2. The van der Waals surface area contributed by atoms with E-state index in [9.17, 15) is 9.59 Å². The van der Waals surface area contributed by atoms with Gasteiger partial charge in [-0.2, -0.15) is 0 Å². The Morgan fingerprint density at radius 2 is 1.07 bits per heavy atom. The van der Waals surface area contributed by atoms with Crippen molar-refractivity contribution in [3.05, 3.63) is 127 Å². The average molecular weight is 703 g/mol. The highest BCUT2D eigenvalue weighted by molar-refractivity contribution is 9.08. The van der Waals surface area contributed by atoms with Crippen LogP contribution in [0.1, 0.15) is 31.8 Å². The summed E-state index contributed by atoms with van der Waals surface area (Å²) in [5, 5.41) is 10.7. The van der Waals surface area contributed by atoms with Crippen LogP contribution in [-0.2, 0) is 21.4 Å². The summed E-state index contributed by atoms with van der Waals surface area (Å²) >= 11 is 26.7. The van der Waals surface area contributed by atoms with E-state index in [1.165, 1.54) is 44.0 Å². The van der Waals surface area contributed by atoms with Crippen LogP contribution in [0.3, 0.4) is 0 Å². The highest BCUT2D eigenvalue weighted by atomic mass is 79.9. The molecule has 11 heteroatoms. The largest absolute Gasteiger partial charge is 0.505 e. The Labute approximate surface area is 266 Å². The number of aromatic hydroxyl groups is 1. The van der Waals surface area contributed by atoms with Crippen molar-refractivity contribution in [2.45, 2.75) is 11.9 Å². The number of carbonyl (C=O) groups is 2. The zero-order valence-electron chi connectivity index (χ0n) is 21.9. The van der Waals surface area contributed by atoms with Gasteiger partial charge in [-0.25, -0.2) is 9.59 Å². The number of hydrogen-bond donors (Lipinski definition) is 1. The molecule has 216 valence electrons. The molecule has 0 bridgehead atoms. The van der Waals surface area contributed by atoms with Gasteiger partial charge in [0.25, 0.3) is 0 Å². The van der Waals surface area contributed by atoms with Crippen LogP contribution in [0.2, 0.25) is 20.1 Å². The Bertz CT molecular complexity index is 1390. The Morgan fingerprint density at radius 3 is 1.44 bits per heavy atom. The summed E-state index contributed by atoms with van der Waals surface area (Å²) in [5.41, 5.74) is 2.81. The Balaban J connectivity index is 0.000000239. The second-order valence-electron chi connectivity index (χ2n) is 7.93. The van der Waals surface area contributed by atoms with Gasteiger partial charge in [0, 0.05) is 5.33 Å². The number of benzene rings is 4. The van der Waals surface area contributed by atoms with E-state index in [-0.39, 0.29) is 37.0 Å². The van der Waals surface area contributed by atoms with Crippen molar-refractivity contribution >= 4 is 74.3 Å². The molecule has 1 N–H and O–H groups in total. The molecule has 0 amide bonds. The van der Waals surface area contributed by atoms with E-state index in [1.54, 1.807) is 0 Å². The third kappa shape index (κ3) is 11.1. The lowest BCUT2D eigenvalue weighted by Crippen LogP contribution is -2.02. The van der Waals surface area contributed by atoms with Gasteiger partial charge in [0.15, 0.2) is 11.5 Å². The van der Waals surface area contributed by atoms with Crippen molar-refractivity contribution in [2.24, 2.45) is 0 Å². The molecule has 0 radical (unpaired) electrons. The lowest BCUT2D eigenvalue weighted by atomic mass is 10.2. The molecule has 6 nitrogen and oxygen atoms in total. The molecule has 0 atom stereocenters. The van der Waals surface area contributed by atoms with Gasteiger partial charge < -0.3 is 19.3 Å². The first-order valence-electron chi connectivity index (χ1n) is 11.7. The van der Waals surface area contributed by atoms with Gasteiger partial charge in [-0.3, -0.25) is 0 Å². The molecule has 4 aromatic rings. The molecule has 0 aliphatic carbocycles. The number of methoxy groups -OCH3 is 2. The average Bonchev–Trinajstić information content (AvgIpc) is 2.99. The van der Waals surface area contributed by atoms with Crippen molar-refractivity contribution < 1.29 is 28.9 Å². The number of esters is 2. The van der Waals surface area contributed by atoms with E-state index in [0.29, 0.717) is 12.4 Å². The van der Waals surface area contributed by atoms with Gasteiger partial charge >= 0.3 is 11.9 Å². The summed E-state index contributed by atoms with van der Waals surface area (Å²) < 4.78 is 14.7. The molecule has 4 rings (SSSR count). The number of rotatable bonds is 6. The van der Waals surface area contributed by atoms with E-state index in [0.717, 1.165) is 10.9 Å². The van der Waals surface area contributed by atoms with Gasteiger partial charge in [0.05, 0.1) is 45.4 Å². The summed E-state index contributed by atoms with van der Waals surface area (Å²) in [7, 11) is 2.54. The fourth-order valence-electron chi connectivity index (χ4n) is 3.03. The fraction of sp³-hybridized carbons (Fsp3) is 0.133. The van der Waals surface area contributed by atoms with Gasteiger partial charge in [-0.1, -0.05) is 123 Å².